The van der Waals surface area contributed by atoms with E-state index in [1.165, 1.54) is 0 Å². The Hall–Kier alpha value is -0.464. The van der Waals surface area contributed by atoms with Gasteiger partial charge in [-0.25, -0.2) is 0 Å². The van der Waals surface area contributed by atoms with E-state index < -0.39 is 41.1 Å². The van der Waals surface area contributed by atoms with Gasteiger partial charge < -0.3 is 0 Å². The van der Waals surface area contributed by atoms with Gasteiger partial charge in [-0.1, -0.05) is 0 Å². The molecule has 10 heavy (non-hydrogen) atoms. The van der Waals surface area contributed by atoms with Gasteiger partial charge in [-0.15, -0.1) is 0 Å². The zero-order valence-electron chi connectivity index (χ0n) is 5.29. The van der Waals surface area contributed by atoms with Gasteiger partial charge in [0.1, 0.15) is 0 Å². The van der Waals surface area contributed by atoms with Crippen LogP contribution in [-0.4, -0.2) is 39.8 Å². The van der Waals surface area contributed by atoms with E-state index in [2.05, 4.69) is 0 Å². The third-order valence-electron chi connectivity index (χ3n) is 0.928. The Morgan fingerprint density at radius 1 is 1.50 bits per heavy atom. The molecule has 0 heterocycles. The molecular formula is C4H5GaO5-2. The Balaban J connectivity index is 4.13. The van der Waals surface area contributed by atoms with Crippen LogP contribution in [0.25, 0.3) is 0 Å². The van der Waals surface area contributed by atoms with Crippen LogP contribution in [0.1, 0.15) is 6.42 Å². The second kappa shape index (κ2) is 3.08. The predicted octanol–water partition coefficient (Wildman–Crippen LogP) is -4.80. The molecule has 0 aromatic rings. The number of carbonyl (C=O) groups excluding carboxylic acids is 2. The van der Waals surface area contributed by atoms with E-state index in [0.717, 1.165) is 0 Å². The van der Waals surface area contributed by atoms with Crippen LogP contribution in [0.5, 0.6) is 0 Å². The summed E-state index contributed by atoms with van der Waals surface area (Å²) in [5.74, 6) is -3.32. The molecule has 6 heteroatoms. The first-order chi connectivity index (χ1) is 4.36. The fourth-order valence-electron chi connectivity index (χ4n) is 0.353. The van der Waals surface area contributed by atoms with Crippen molar-refractivity contribution >= 4 is 30.5 Å². The van der Waals surface area contributed by atoms with Crippen molar-refractivity contribution in [2.75, 3.05) is 0 Å². The first kappa shape index (κ1) is 9.54. The Morgan fingerprint density at radius 2 is 1.90 bits per heavy atom. The standard InChI is InChI=1S/C4H5O5.Ga.2H/c5-2(4(8)9)1-3(6)7;;;/h5H,1H2,(H,6,7)(H,8,9);;;/p-2. The fraction of sp³-hybridized carbons (Fsp3) is 0.500. The third-order valence-corrected chi connectivity index (χ3v) is 2.53. The first-order valence-electron chi connectivity index (χ1n) is 2.50. The number of aliphatic carboxylic acids is 2. The van der Waals surface area contributed by atoms with Crippen LogP contribution < -0.4 is 10.2 Å². The molecule has 1 N–H and O–H groups in total. The van der Waals surface area contributed by atoms with Gasteiger partial charge in [-0.3, -0.25) is 0 Å². The van der Waals surface area contributed by atoms with Gasteiger partial charge >= 0.3 is 66.0 Å². The van der Waals surface area contributed by atoms with Crippen molar-refractivity contribution in [3.05, 3.63) is 0 Å². The number of rotatable bonds is 3. The summed E-state index contributed by atoms with van der Waals surface area (Å²) < 4.78 is -2.15. The second-order valence-corrected chi connectivity index (χ2v) is 5.58. The molecule has 0 fully saturated rings. The van der Waals surface area contributed by atoms with Crippen molar-refractivity contribution in [2.24, 2.45) is 0 Å². The average molecular weight is 203 g/mol. The van der Waals surface area contributed by atoms with Crippen LogP contribution in [0, 0.1) is 0 Å². The molecule has 0 rings (SSSR count). The molecule has 0 aliphatic heterocycles. The molecule has 0 aromatic carbocycles. The molecule has 5 nitrogen and oxygen atoms in total. The minimum atomic E-state index is -2.15. The SMILES string of the molecule is O=C([O-])C[C](O)([GaH2])C(=O)[O-]. The van der Waals surface area contributed by atoms with E-state index in [4.69, 9.17) is 5.11 Å². The summed E-state index contributed by atoms with van der Waals surface area (Å²) in [6.45, 7) is 0. The number of hydrogen-bond donors (Lipinski definition) is 1. The molecule has 0 aliphatic rings. The van der Waals surface area contributed by atoms with Crippen molar-refractivity contribution in [1.82, 2.24) is 0 Å². The molecule has 0 aromatic heterocycles. The Bertz CT molecular complexity index is 163. The molecule has 56 valence electrons. The summed E-state index contributed by atoms with van der Waals surface area (Å²) in [7, 11) is 0. The molecule has 0 saturated heterocycles. The van der Waals surface area contributed by atoms with E-state index in [9.17, 15) is 19.8 Å². The number of carbonyl (C=O) groups is 2. The minimum absolute atomic E-state index is 0.557. The second-order valence-electron chi connectivity index (χ2n) is 2.11. The van der Waals surface area contributed by atoms with Crippen LogP contribution in [0.2, 0.25) is 0 Å². The number of aliphatic hydroxyl groups is 1. The quantitative estimate of drug-likeness (QED) is 0.463. The van der Waals surface area contributed by atoms with Gasteiger partial charge in [-0.05, 0) is 0 Å². The molecule has 0 aliphatic carbocycles. The van der Waals surface area contributed by atoms with Gasteiger partial charge in [-0.2, -0.15) is 0 Å². The van der Waals surface area contributed by atoms with Crippen molar-refractivity contribution in [2.45, 2.75) is 10.6 Å². The molecule has 1 atom stereocenters. The topological polar surface area (TPSA) is 100 Å². The van der Waals surface area contributed by atoms with Crippen LogP contribution in [-0.2, 0) is 9.59 Å². The summed E-state index contributed by atoms with van der Waals surface area (Å²) >= 11 is -0.557. The fourth-order valence-corrected chi connectivity index (χ4v) is 0.959. The van der Waals surface area contributed by atoms with Crippen LogP contribution in [0.15, 0.2) is 0 Å². The van der Waals surface area contributed by atoms with E-state index in [0.29, 0.717) is 0 Å². The molecule has 0 spiro atoms. The molecule has 0 bridgehead atoms. The number of carboxylic acids is 2. The van der Waals surface area contributed by atoms with E-state index in [1.807, 2.05) is 0 Å². The summed E-state index contributed by atoms with van der Waals surface area (Å²) in [4.78, 5) is 19.7. The maximum absolute atomic E-state index is 9.95. The van der Waals surface area contributed by atoms with E-state index in [-0.39, 0.29) is 0 Å². The zero-order chi connectivity index (χ0) is 8.36. The van der Waals surface area contributed by atoms with Crippen LogP contribution in [0.3, 0.4) is 0 Å². The number of carboxylic acid groups (broad SMARTS) is 2. The van der Waals surface area contributed by atoms with Crippen molar-refractivity contribution in [1.29, 1.82) is 0 Å². The predicted molar refractivity (Wildman–Crippen MR) is 28.1 cm³/mol. The molecule has 0 radical (unpaired) electrons. The summed E-state index contributed by atoms with van der Waals surface area (Å²) in [6.07, 6.45) is -0.880. The molecule has 0 saturated carbocycles. The van der Waals surface area contributed by atoms with Crippen molar-refractivity contribution in [3.8, 4) is 0 Å². The Kier molecular flexibility index (Phi) is 2.94. The van der Waals surface area contributed by atoms with Gasteiger partial charge in [0.05, 0.1) is 0 Å². The maximum atomic E-state index is 9.95. The van der Waals surface area contributed by atoms with Crippen molar-refractivity contribution < 1.29 is 24.9 Å². The van der Waals surface area contributed by atoms with Crippen LogP contribution >= 0.6 is 0 Å². The normalized spacial score (nSPS) is 15.7. The number of hydrogen-bond acceptors (Lipinski definition) is 5. The van der Waals surface area contributed by atoms with E-state index in [1.54, 1.807) is 0 Å². The molecule has 0 amide bonds. The van der Waals surface area contributed by atoms with E-state index >= 15 is 0 Å². The van der Waals surface area contributed by atoms with Gasteiger partial charge in [0.25, 0.3) is 0 Å². The summed E-state index contributed by atoms with van der Waals surface area (Å²) in [5, 5.41) is 28.5. The Labute approximate surface area is 66.6 Å². The van der Waals surface area contributed by atoms with Gasteiger partial charge in [0.2, 0.25) is 0 Å². The van der Waals surface area contributed by atoms with Crippen molar-refractivity contribution in [3.63, 3.8) is 0 Å². The van der Waals surface area contributed by atoms with Gasteiger partial charge in [0, 0.05) is 0 Å². The molecule has 1 unspecified atom stereocenters. The zero-order valence-corrected chi connectivity index (χ0v) is 9.48. The molecular weight excluding hydrogens is 198 g/mol. The van der Waals surface area contributed by atoms with Crippen LogP contribution in [0.4, 0.5) is 0 Å². The summed E-state index contributed by atoms with van der Waals surface area (Å²) in [5.41, 5.74) is 0. The average Bonchev–Trinajstić information content (AvgIpc) is 1.60. The third kappa shape index (κ3) is 2.90. The Morgan fingerprint density at radius 3 is 2.00 bits per heavy atom. The monoisotopic (exact) mass is 202 g/mol. The van der Waals surface area contributed by atoms with Gasteiger partial charge in [0.15, 0.2) is 0 Å². The first-order valence-corrected chi connectivity index (χ1v) is 4.60. The summed E-state index contributed by atoms with van der Waals surface area (Å²) in [6, 6.07) is 0.